The molecule has 3 aromatic rings. The topological polar surface area (TPSA) is 69.6 Å². The first-order valence-electron chi connectivity index (χ1n) is 5.52. The van der Waals surface area contributed by atoms with Gasteiger partial charge in [0.2, 0.25) is 5.95 Å². The Labute approximate surface area is 116 Å². The lowest BCUT2D eigenvalue weighted by Gasteiger charge is -2.05. The average molecular weight is 322 g/mol. The molecule has 0 amide bonds. The minimum Gasteiger partial charge on any atom is -0.369 e. The van der Waals surface area contributed by atoms with E-state index >= 15 is 0 Å². The second kappa shape index (κ2) is 4.58. The van der Waals surface area contributed by atoms with Crippen LogP contribution in [0.1, 0.15) is 5.69 Å². The van der Waals surface area contributed by atoms with Crippen molar-refractivity contribution < 1.29 is 4.39 Å². The summed E-state index contributed by atoms with van der Waals surface area (Å²) >= 11 is 3.16. The zero-order chi connectivity index (χ0) is 13.4. The Bertz CT molecular complexity index is 741. The van der Waals surface area contributed by atoms with Crippen molar-refractivity contribution in [1.82, 2.24) is 19.7 Å². The quantitative estimate of drug-likeness (QED) is 0.786. The van der Waals surface area contributed by atoms with E-state index in [0.29, 0.717) is 22.5 Å². The number of nitrogen functional groups attached to an aromatic ring is 1. The minimum absolute atomic E-state index is 0.318. The summed E-state index contributed by atoms with van der Waals surface area (Å²) in [4.78, 5) is 4.14. The maximum Gasteiger partial charge on any atom is 0.201 e. The fraction of sp³-hybridized carbons (Fsp3) is 0.0833. The Balaban J connectivity index is 2.13. The maximum atomic E-state index is 13.5. The lowest BCUT2D eigenvalue weighted by atomic mass is 10.3. The van der Waals surface area contributed by atoms with Gasteiger partial charge in [0.05, 0.1) is 27.7 Å². The van der Waals surface area contributed by atoms with Crippen LogP contribution in [0.2, 0.25) is 0 Å². The molecular weight excluding hydrogens is 313 g/mol. The number of imidazole rings is 1. The summed E-state index contributed by atoms with van der Waals surface area (Å²) in [6, 6.07) is 6.65. The second-order valence-corrected chi connectivity index (χ2v) is 4.88. The molecular formula is C12H9BrFN5. The molecule has 3 rings (SSSR count). The second-order valence-electron chi connectivity index (χ2n) is 4.03. The van der Waals surface area contributed by atoms with Crippen LogP contribution in [-0.4, -0.2) is 19.7 Å². The first-order chi connectivity index (χ1) is 9.15. The molecule has 0 saturated heterocycles. The first kappa shape index (κ1) is 12.0. The molecule has 0 spiro atoms. The molecule has 0 aliphatic carbocycles. The molecule has 1 aromatic carbocycles. The molecule has 2 aromatic heterocycles. The number of halogens is 2. The highest BCUT2D eigenvalue weighted by atomic mass is 79.9. The molecule has 0 radical (unpaired) electrons. The summed E-state index contributed by atoms with van der Waals surface area (Å²) in [5.74, 6) is -0.0465. The highest BCUT2D eigenvalue weighted by Gasteiger charge is 2.12. The van der Waals surface area contributed by atoms with Gasteiger partial charge in [0.15, 0.2) is 0 Å². The van der Waals surface area contributed by atoms with Gasteiger partial charge in [0.25, 0.3) is 0 Å². The summed E-state index contributed by atoms with van der Waals surface area (Å²) < 4.78 is 15.6. The van der Waals surface area contributed by atoms with Crippen LogP contribution in [0.4, 0.5) is 10.3 Å². The molecule has 0 bridgehead atoms. The van der Waals surface area contributed by atoms with E-state index in [2.05, 4.69) is 31.1 Å². The fourth-order valence-electron chi connectivity index (χ4n) is 1.88. The molecule has 96 valence electrons. The van der Waals surface area contributed by atoms with Gasteiger partial charge < -0.3 is 10.3 Å². The van der Waals surface area contributed by atoms with Crippen LogP contribution >= 0.6 is 15.9 Å². The Kier molecular flexibility index (Phi) is 2.90. The highest BCUT2D eigenvalue weighted by Crippen LogP contribution is 2.25. The fourth-order valence-corrected chi connectivity index (χ4v) is 2.22. The first-order valence-corrected chi connectivity index (χ1v) is 6.32. The van der Waals surface area contributed by atoms with Crippen molar-refractivity contribution in [2.24, 2.45) is 0 Å². The number of aromatic nitrogens is 4. The van der Waals surface area contributed by atoms with Crippen LogP contribution in [0.5, 0.6) is 0 Å². The summed E-state index contributed by atoms with van der Waals surface area (Å²) in [6.07, 6.45) is 1.60. The monoisotopic (exact) mass is 321 g/mol. The molecule has 0 fully saturated rings. The molecule has 2 N–H and O–H groups in total. The highest BCUT2D eigenvalue weighted by molar-refractivity contribution is 9.10. The molecule has 5 nitrogen and oxygen atoms in total. The van der Waals surface area contributed by atoms with E-state index in [0.717, 1.165) is 11.2 Å². The Morgan fingerprint density at radius 2 is 2.21 bits per heavy atom. The van der Waals surface area contributed by atoms with Gasteiger partial charge in [-0.25, -0.2) is 9.37 Å². The molecule has 0 saturated carbocycles. The van der Waals surface area contributed by atoms with Crippen LogP contribution in [0, 0.1) is 5.82 Å². The van der Waals surface area contributed by atoms with Crippen molar-refractivity contribution in [3.63, 3.8) is 0 Å². The van der Waals surface area contributed by atoms with Crippen molar-refractivity contribution >= 4 is 32.9 Å². The third-order valence-electron chi connectivity index (χ3n) is 2.77. The predicted octanol–water partition coefficient (Wildman–Crippen LogP) is 2.36. The van der Waals surface area contributed by atoms with Crippen molar-refractivity contribution in [2.75, 3.05) is 5.73 Å². The van der Waals surface area contributed by atoms with E-state index in [9.17, 15) is 4.39 Å². The van der Waals surface area contributed by atoms with Gasteiger partial charge in [0, 0.05) is 12.3 Å². The summed E-state index contributed by atoms with van der Waals surface area (Å²) in [5, 5.41) is 7.81. The van der Waals surface area contributed by atoms with Crippen LogP contribution in [0.15, 0.2) is 34.9 Å². The van der Waals surface area contributed by atoms with Gasteiger partial charge in [-0.2, -0.15) is 10.2 Å². The number of hydrogen-bond donors (Lipinski definition) is 1. The van der Waals surface area contributed by atoms with E-state index in [1.807, 2.05) is 6.07 Å². The molecule has 0 aliphatic heterocycles. The van der Waals surface area contributed by atoms with Crippen LogP contribution in [-0.2, 0) is 6.54 Å². The van der Waals surface area contributed by atoms with Crippen LogP contribution in [0.3, 0.4) is 0 Å². The van der Waals surface area contributed by atoms with Gasteiger partial charge in [-0.1, -0.05) is 0 Å². The summed E-state index contributed by atoms with van der Waals surface area (Å²) in [5.41, 5.74) is 7.89. The molecule has 2 heterocycles. The number of nitrogens with two attached hydrogens (primary N) is 1. The number of fused-ring (bicyclic) bond motifs is 1. The normalized spacial score (nSPS) is 11.1. The van der Waals surface area contributed by atoms with Crippen LogP contribution < -0.4 is 5.73 Å². The van der Waals surface area contributed by atoms with E-state index in [-0.39, 0.29) is 5.82 Å². The standard InChI is InChI=1S/C12H9BrFN5/c13-8-4-11-10(5-9(8)14)17-12(15)19(11)6-7-2-1-3-16-18-7/h1-5H,6H2,(H2,15,17). The number of hydrogen-bond acceptors (Lipinski definition) is 4. The number of anilines is 1. The van der Waals surface area contributed by atoms with E-state index in [1.54, 1.807) is 22.9 Å². The molecule has 0 atom stereocenters. The molecule has 0 aliphatic rings. The Hall–Kier alpha value is -2.02. The predicted molar refractivity (Wildman–Crippen MR) is 72.9 cm³/mol. The Morgan fingerprint density at radius 1 is 1.37 bits per heavy atom. The number of benzene rings is 1. The third-order valence-corrected chi connectivity index (χ3v) is 3.38. The third kappa shape index (κ3) is 2.17. The zero-order valence-corrected chi connectivity index (χ0v) is 11.3. The molecule has 0 unspecified atom stereocenters. The number of rotatable bonds is 2. The van der Waals surface area contributed by atoms with Crippen molar-refractivity contribution in [3.05, 3.63) is 46.4 Å². The lowest BCUT2D eigenvalue weighted by Crippen LogP contribution is -2.06. The SMILES string of the molecule is Nc1nc2cc(F)c(Br)cc2n1Cc1cccnn1. The maximum absolute atomic E-state index is 13.5. The van der Waals surface area contributed by atoms with Crippen molar-refractivity contribution in [2.45, 2.75) is 6.54 Å². The average Bonchev–Trinajstić information content (AvgIpc) is 2.68. The van der Waals surface area contributed by atoms with Gasteiger partial charge >= 0.3 is 0 Å². The van der Waals surface area contributed by atoms with E-state index in [4.69, 9.17) is 5.73 Å². The summed E-state index contributed by atoms with van der Waals surface area (Å²) in [6.45, 7) is 0.439. The Morgan fingerprint density at radius 3 is 2.95 bits per heavy atom. The van der Waals surface area contributed by atoms with Gasteiger partial charge in [-0.05, 0) is 34.1 Å². The van der Waals surface area contributed by atoms with Crippen LogP contribution in [0.25, 0.3) is 11.0 Å². The van der Waals surface area contributed by atoms with E-state index < -0.39 is 0 Å². The molecule has 19 heavy (non-hydrogen) atoms. The van der Waals surface area contributed by atoms with Gasteiger partial charge in [0.1, 0.15) is 5.82 Å². The summed E-state index contributed by atoms with van der Waals surface area (Å²) in [7, 11) is 0. The van der Waals surface area contributed by atoms with Crippen molar-refractivity contribution in [1.29, 1.82) is 0 Å². The zero-order valence-electron chi connectivity index (χ0n) is 9.72. The van der Waals surface area contributed by atoms with Gasteiger partial charge in [-0.3, -0.25) is 0 Å². The van der Waals surface area contributed by atoms with Gasteiger partial charge in [-0.15, -0.1) is 0 Å². The van der Waals surface area contributed by atoms with E-state index in [1.165, 1.54) is 6.07 Å². The minimum atomic E-state index is -0.364. The number of nitrogens with zero attached hydrogens (tertiary/aromatic N) is 4. The molecule has 7 heteroatoms. The van der Waals surface area contributed by atoms with Crippen molar-refractivity contribution in [3.8, 4) is 0 Å². The largest absolute Gasteiger partial charge is 0.369 e. The lowest BCUT2D eigenvalue weighted by molar-refractivity contribution is 0.622. The smallest absolute Gasteiger partial charge is 0.201 e.